The fourth-order valence-electron chi connectivity index (χ4n) is 3.41. The van der Waals surface area contributed by atoms with Gasteiger partial charge in [-0.15, -0.1) is 0 Å². The summed E-state index contributed by atoms with van der Waals surface area (Å²) in [6.45, 7) is -0.598. The highest BCUT2D eigenvalue weighted by Gasteiger charge is 2.74. The van der Waals surface area contributed by atoms with Gasteiger partial charge in [-0.25, -0.2) is 14.0 Å². The van der Waals surface area contributed by atoms with Gasteiger partial charge in [0.25, 0.3) is 0 Å². The van der Waals surface area contributed by atoms with Crippen molar-refractivity contribution in [3.05, 3.63) is 35.9 Å². The minimum Gasteiger partial charge on any atom is -0.450 e. The first-order chi connectivity index (χ1) is 11.8. The van der Waals surface area contributed by atoms with Crippen LogP contribution in [0.3, 0.4) is 0 Å². The Morgan fingerprint density at radius 3 is 2.56 bits per heavy atom. The summed E-state index contributed by atoms with van der Waals surface area (Å²) in [7, 11) is 0. The molecule has 1 aromatic carbocycles. The number of esters is 2. The quantitative estimate of drug-likeness (QED) is 0.599. The first-order valence-electron chi connectivity index (χ1n) is 7.58. The maximum atomic E-state index is 13.9. The second kappa shape index (κ2) is 6.32. The molecule has 2 aliphatic carbocycles. The Bertz CT molecular complexity index is 697. The Morgan fingerprint density at radius 2 is 1.92 bits per heavy atom. The van der Waals surface area contributed by atoms with Crippen molar-refractivity contribution >= 4 is 18.1 Å². The number of carbonyl (C=O) groups excluding carboxylic acids is 2. The number of halogens is 1. The fraction of sp³-hybridized carbons (Fsp3) is 0.438. The second-order valence-electron chi connectivity index (χ2n) is 6.02. The lowest BCUT2D eigenvalue weighted by molar-refractivity contribution is -0.157. The van der Waals surface area contributed by atoms with E-state index in [1.165, 1.54) is 0 Å². The first kappa shape index (κ1) is 17.2. The monoisotopic (exact) mass is 353 g/mol. The highest BCUT2D eigenvalue weighted by atomic mass is 19.1. The smallest absolute Gasteiger partial charge is 0.450 e. The number of carbonyl (C=O) groups is 3. The summed E-state index contributed by atoms with van der Waals surface area (Å²) in [5, 5.41) is 8.69. The van der Waals surface area contributed by atoms with E-state index < -0.39 is 54.5 Å². The third-order valence-corrected chi connectivity index (χ3v) is 4.60. The molecule has 3 N–H and O–H groups in total. The molecular weight excluding hydrogens is 337 g/mol. The van der Waals surface area contributed by atoms with Gasteiger partial charge >= 0.3 is 18.1 Å². The molecule has 134 valence electrons. The maximum absolute atomic E-state index is 13.9. The van der Waals surface area contributed by atoms with Crippen LogP contribution in [-0.2, 0) is 19.0 Å². The van der Waals surface area contributed by atoms with Crippen molar-refractivity contribution in [2.45, 2.75) is 18.3 Å². The minimum absolute atomic E-state index is 0.0853. The van der Waals surface area contributed by atoms with Crippen LogP contribution in [0.25, 0.3) is 0 Å². The van der Waals surface area contributed by atoms with Crippen molar-refractivity contribution < 1.29 is 38.1 Å². The van der Waals surface area contributed by atoms with Gasteiger partial charge in [0.15, 0.2) is 6.17 Å². The van der Waals surface area contributed by atoms with Crippen LogP contribution in [0, 0.1) is 17.8 Å². The Morgan fingerprint density at radius 1 is 1.24 bits per heavy atom. The molecule has 0 radical (unpaired) electrons. The summed E-state index contributed by atoms with van der Waals surface area (Å²) in [6, 6.07) is 8.14. The molecule has 0 unspecified atom stereocenters. The number of nitrogens with two attached hydrogens (primary N) is 1. The van der Waals surface area contributed by atoms with E-state index in [-0.39, 0.29) is 6.42 Å². The van der Waals surface area contributed by atoms with Crippen molar-refractivity contribution in [3.63, 3.8) is 0 Å². The van der Waals surface area contributed by atoms with E-state index in [1.54, 1.807) is 30.3 Å². The van der Waals surface area contributed by atoms with E-state index in [0.29, 0.717) is 5.56 Å². The van der Waals surface area contributed by atoms with Gasteiger partial charge in [0.2, 0.25) is 12.5 Å². The van der Waals surface area contributed by atoms with Gasteiger partial charge in [0.1, 0.15) is 0 Å². The summed E-state index contributed by atoms with van der Waals surface area (Å²) >= 11 is 0. The summed E-state index contributed by atoms with van der Waals surface area (Å²) in [4.78, 5) is 34.4. The highest BCUT2D eigenvalue weighted by Crippen LogP contribution is 2.62. The van der Waals surface area contributed by atoms with Crippen LogP contribution in [0.4, 0.5) is 9.18 Å². The van der Waals surface area contributed by atoms with E-state index in [1.807, 2.05) is 0 Å². The SMILES string of the molecule is N[C@]1(OC(=O)O)[C@H]2[C@@H](C[C@@H]1F)[C@@H]2C(=O)OCOC(=O)c1ccccc1. The average molecular weight is 353 g/mol. The van der Waals surface area contributed by atoms with Gasteiger partial charge < -0.3 is 19.3 Å². The zero-order valence-electron chi connectivity index (χ0n) is 13.0. The van der Waals surface area contributed by atoms with Crippen LogP contribution >= 0.6 is 0 Å². The van der Waals surface area contributed by atoms with E-state index in [9.17, 15) is 18.8 Å². The molecule has 9 heteroatoms. The molecule has 0 aromatic heterocycles. The predicted molar refractivity (Wildman–Crippen MR) is 78.8 cm³/mol. The largest absolute Gasteiger partial charge is 0.507 e. The molecule has 1 aromatic rings. The molecule has 0 aliphatic heterocycles. The van der Waals surface area contributed by atoms with Crippen LogP contribution in [0.5, 0.6) is 0 Å². The number of hydrogen-bond donors (Lipinski definition) is 2. The van der Waals surface area contributed by atoms with Crippen LogP contribution in [0.1, 0.15) is 16.8 Å². The summed E-state index contributed by atoms with van der Waals surface area (Å²) in [5.74, 6) is -3.39. The number of alkyl halides is 1. The highest BCUT2D eigenvalue weighted by molar-refractivity contribution is 5.89. The molecule has 5 atom stereocenters. The van der Waals surface area contributed by atoms with Gasteiger partial charge in [0.05, 0.1) is 11.5 Å². The zero-order valence-corrected chi connectivity index (χ0v) is 13.0. The number of benzene rings is 1. The number of fused-ring (bicyclic) bond motifs is 1. The van der Waals surface area contributed by atoms with Gasteiger partial charge in [-0.05, 0) is 24.5 Å². The van der Waals surface area contributed by atoms with Crippen molar-refractivity contribution in [2.75, 3.05) is 6.79 Å². The lowest BCUT2D eigenvalue weighted by atomic mass is 10.0. The van der Waals surface area contributed by atoms with Crippen molar-refractivity contribution in [1.82, 2.24) is 0 Å². The van der Waals surface area contributed by atoms with Crippen LogP contribution < -0.4 is 5.73 Å². The molecule has 25 heavy (non-hydrogen) atoms. The summed E-state index contributed by atoms with van der Waals surface area (Å²) in [6.07, 6.45) is -3.47. The molecule has 0 bridgehead atoms. The molecule has 0 spiro atoms. The lowest BCUT2D eigenvalue weighted by Gasteiger charge is -2.28. The minimum atomic E-state index is -2.05. The van der Waals surface area contributed by atoms with E-state index in [2.05, 4.69) is 4.74 Å². The number of ether oxygens (including phenoxy) is 3. The van der Waals surface area contributed by atoms with Crippen molar-refractivity contribution in [1.29, 1.82) is 0 Å². The topological polar surface area (TPSA) is 125 Å². The average Bonchev–Trinajstić information content (AvgIpc) is 3.23. The molecule has 3 rings (SSSR count). The molecule has 2 aliphatic rings. The number of rotatable bonds is 5. The van der Waals surface area contributed by atoms with E-state index in [4.69, 9.17) is 20.3 Å². The Kier molecular flexibility index (Phi) is 4.34. The van der Waals surface area contributed by atoms with Gasteiger partial charge in [-0.2, -0.15) is 0 Å². The van der Waals surface area contributed by atoms with Gasteiger partial charge in [-0.1, -0.05) is 18.2 Å². The van der Waals surface area contributed by atoms with Crippen LogP contribution in [-0.4, -0.2) is 41.9 Å². The molecule has 8 nitrogen and oxygen atoms in total. The lowest BCUT2D eigenvalue weighted by Crippen LogP contribution is -2.53. The normalized spacial score (nSPS) is 32.4. The third-order valence-electron chi connectivity index (χ3n) is 4.60. The Labute approximate surface area is 141 Å². The van der Waals surface area contributed by atoms with Crippen LogP contribution in [0.15, 0.2) is 30.3 Å². The van der Waals surface area contributed by atoms with Crippen molar-refractivity contribution in [3.8, 4) is 0 Å². The summed E-state index contributed by atoms with van der Waals surface area (Å²) in [5.41, 5.74) is 3.95. The Hall–Kier alpha value is -2.68. The van der Waals surface area contributed by atoms with Gasteiger partial charge in [0, 0.05) is 5.92 Å². The van der Waals surface area contributed by atoms with Crippen LogP contribution in [0.2, 0.25) is 0 Å². The molecule has 2 fully saturated rings. The second-order valence-corrected chi connectivity index (χ2v) is 6.02. The Balaban J connectivity index is 1.51. The number of hydrogen-bond acceptors (Lipinski definition) is 7. The van der Waals surface area contributed by atoms with Gasteiger partial charge in [-0.3, -0.25) is 10.5 Å². The predicted octanol–water partition coefficient (Wildman–Crippen LogP) is 1.30. The molecule has 0 heterocycles. The first-order valence-corrected chi connectivity index (χ1v) is 7.58. The van der Waals surface area contributed by atoms with Crippen molar-refractivity contribution in [2.24, 2.45) is 23.5 Å². The van der Waals surface area contributed by atoms with E-state index >= 15 is 0 Å². The van der Waals surface area contributed by atoms with E-state index in [0.717, 1.165) is 0 Å². The molecular formula is C16H16FNO7. The number of carboxylic acid groups (broad SMARTS) is 1. The molecule has 0 saturated heterocycles. The molecule has 2 saturated carbocycles. The zero-order chi connectivity index (χ0) is 18.2. The standard InChI is InChI=1S/C16H16FNO7/c17-10-6-9-11(12(9)16(10,18)25-15(21)22)14(20)24-7-23-13(19)8-4-2-1-3-5-8/h1-5,9-12H,6-7,18H2,(H,21,22)/t9-,10-,11-,12-,16+/m0/s1. The molecule has 0 amide bonds. The fourth-order valence-corrected chi connectivity index (χ4v) is 3.41. The maximum Gasteiger partial charge on any atom is 0.507 e. The summed E-state index contributed by atoms with van der Waals surface area (Å²) < 4.78 is 28.0. The third kappa shape index (κ3) is 3.14.